The minimum Gasteiger partial charge on any atom is -0.462 e. The number of anilines is 1. The van der Waals surface area contributed by atoms with Gasteiger partial charge in [-0.05, 0) is 54.8 Å². The van der Waals surface area contributed by atoms with Gasteiger partial charge in [0.25, 0.3) is 10.0 Å². The zero-order valence-corrected chi connectivity index (χ0v) is 19.5. The van der Waals surface area contributed by atoms with E-state index in [9.17, 15) is 18.0 Å². The van der Waals surface area contributed by atoms with Crippen LogP contribution < -0.4 is 10.0 Å². The minimum absolute atomic E-state index is 0.102. The minimum atomic E-state index is -3.76. The van der Waals surface area contributed by atoms with Crippen LogP contribution in [0.3, 0.4) is 0 Å². The Hall–Kier alpha value is -2.87. The highest BCUT2D eigenvalue weighted by molar-refractivity contribution is 7.92. The molecular weight excluding hydrogens is 428 g/mol. The summed E-state index contributed by atoms with van der Waals surface area (Å²) in [5.74, 6) is -0.514. The first-order valence-electron chi connectivity index (χ1n) is 10.9. The molecule has 0 fully saturated rings. The van der Waals surface area contributed by atoms with Crippen molar-refractivity contribution in [2.24, 2.45) is 0 Å². The molecular formula is C24H32N2O5S. The van der Waals surface area contributed by atoms with E-state index in [1.54, 1.807) is 24.3 Å². The number of hydrogen-bond donors (Lipinski definition) is 2. The average Bonchev–Trinajstić information content (AvgIpc) is 2.76. The Bertz CT molecular complexity index is 970. The predicted octanol–water partition coefficient (Wildman–Crippen LogP) is 4.29. The fourth-order valence-electron chi connectivity index (χ4n) is 3.06. The van der Waals surface area contributed by atoms with E-state index in [4.69, 9.17) is 4.74 Å². The standard InChI is InChI=1S/C24H32N2O5S/c1-3-4-5-6-7-18-31-24(28)21-10-12-22(13-11-21)26-32(29,30)23-14-8-20(9-15-23)16-17-25-19(2)27/h8-15,26H,3-7,16-18H2,1-2H3,(H,25,27). The zero-order chi connectivity index (χ0) is 23.4. The number of rotatable bonds is 13. The topological polar surface area (TPSA) is 102 Å². The van der Waals surface area contributed by atoms with E-state index < -0.39 is 16.0 Å². The van der Waals surface area contributed by atoms with E-state index in [-0.39, 0.29) is 10.8 Å². The van der Waals surface area contributed by atoms with Crippen molar-refractivity contribution in [3.05, 3.63) is 59.7 Å². The summed E-state index contributed by atoms with van der Waals surface area (Å²) in [6.45, 7) is 4.48. The third kappa shape index (κ3) is 8.70. The van der Waals surface area contributed by atoms with Crippen molar-refractivity contribution in [3.63, 3.8) is 0 Å². The number of amides is 1. The van der Waals surface area contributed by atoms with Crippen LogP contribution in [-0.4, -0.2) is 33.4 Å². The molecule has 0 atom stereocenters. The number of unbranched alkanes of at least 4 members (excludes halogenated alkanes) is 4. The maximum Gasteiger partial charge on any atom is 0.338 e. The summed E-state index contributed by atoms with van der Waals surface area (Å²) in [4.78, 5) is 23.2. The summed E-state index contributed by atoms with van der Waals surface area (Å²) in [5, 5.41) is 2.70. The number of carbonyl (C=O) groups is 2. The predicted molar refractivity (Wildman–Crippen MR) is 125 cm³/mol. The third-order valence-corrected chi connectivity index (χ3v) is 6.27. The lowest BCUT2D eigenvalue weighted by atomic mass is 10.1. The molecule has 0 heterocycles. The normalized spacial score (nSPS) is 11.1. The van der Waals surface area contributed by atoms with Gasteiger partial charge in [0.05, 0.1) is 17.1 Å². The van der Waals surface area contributed by atoms with Gasteiger partial charge in [-0.2, -0.15) is 0 Å². The molecule has 1 amide bonds. The maximum atomic E-state index is 12.6. The van der Waals surface area contributed by atoms with Crippen LogP contribution >= 0.6 is 0 Å². The van der Waals surface area contributed by atoms with E-state index >= 15 is 0 Å². The van der Waals surface area contributed by atoms with Crippen molar-refractivity contribution in [3.8, 4) is 0 Å². The average molecular weight is 461 g/mol. The van der Waals surface area contributed by atoms with E-state index in [0.29, 0.717) is 30.8 Å². The number of nitrogens with one attached hydrogen (secondary N) is 2. The highest BCUT2D eigenvalue weighted by Gasteiger charge is 2.15. The van der Waals surface area contributed by atoms with Gasteiger partial charge in [0, 0.05) is 19.2 Å². The molecule has 0 aliphatic heterocycles. The van der Waals surface area contributed by atoms with Crippen molar-refractivity contribution in [2.45, 2.75) is 57.3 Å². The number of benzene rings is 2. The molecule has 0 aromatic heterocycles. The van der Waals surface area contributed by atoms with Gasteiger partial charge in [-0.1, -0.05) is 44.7 Å². The van der Waals surface area contributed by atoms with Crippen LogP contribution in [0.5, 0.6) is 0 Å². The SMILES string of the molecule is CCCCCCCOC(=O)c1ccc(NS(=O)(=O)c2ccc(CCNC(C)=O)cc2)cc1. The fraction of sp³-hybridized carbons (Fsp3) is 0.417. The molecule has 174 valence electrons. The monoisotopic (exact) mass is 460 g/mol. The van der Waals surface area contributed by atoms with Crippen molar-refractivity contribution < 1.29 is 22.7 Å². The second-order valence-corrected chi connectivity index (χ2v) is 9.29. The van der Waals surface area contributed by atoms with E-state index in [2.05, 4.69) is 17.0 Å². The highest BCUT2D eigenvalue weighted by Crippen LogP contribution is 2.18. The Morgan fingerprint density at radius 3 is 2.19 bits per heavy atom. The Morgan fingerprint density at radius 1 is 0.906 bits per heavy atom. The number of hydrogen-bond acceptors (Lipinski definition) is 5. The Kier molecular flexibility index (Phi) is 10.2. The molecule has 2 rings (SSSR count). The van der Waals surface area contributed by atoms with Crippen LogP contribution in [-0.2, 0) is 26.0 Å². The van der Waals surface area contributed by atoms with Gasteiger partial charge in [-0.15, -0.1) is 0 Å². The summed E-state index contributed by atoms with van der Waals surface area (Å²) in [6.07, 6.45) is 6.00. The highest BCUT2D eigenvalue weighted by atomic mass is 32.2. The van der Waals surface area contributed by atoms with Crippen molar-refractivity contribution in [2.75, 3.05) is 17.9 Å². The first-order valence-corrected chi connectivity index (χ1v) is 12.4. The van der Waals surface area contributed by atoms with Crippen molar-refractivity contribution in [1.82, 2.24) is 5.32 Å². The molecule has 0 spiro atoms. The maximum absolute atomic E-state index is 12.6. The van der Waals surface area contributed by atoms with E-state index in [1.165, 1.54) is 44.0 Å². The second-order valence-electron chi connectivity index (χ2n) is 7.61. The van der Waals surface area contributed by atoms with Crippen LogP contribution in [0.15, 0.2) is 53.4 Å². The first kappa shape index (κ1) is 25.4. The number of sulfonamides is 1. The molecule has 2 aromatic carbocycles. The lowest BCUT2D eigenvalue weighted by molar-refractivity contribution is -0.118. The van der Waals surface area contributed by atoms with Crippen molar-refractivity contribution >= 4 is 27.6 Å². The molecule has 32 heavy (non-hydrogen) atoms. The van der Waals surface area contributed by atoms with Crippen LogP contribution in [0.2, 0.25) is 0 Å². The van der Waals surface area contributed by atoms with Crippen LogP contribution in [0.25, 0.3) is 0 Å². The summed E-state index contributed by atoms with van der Waals surface area (Å²) in [5.41, 5.74) is 1.66. The van der Waals surface area contributed by atoms with Gasteiger partial charge in [0.15, 0.2) is 0 Å². The molecule has 8 heteroatoms. The number of carbonyl (C=O) groups excluding carboxylic acids is 2. The van der Waals surface area contributed by atoms with Gasteiger partial charge in [-0.3, -0.25) is 9.52 Å². The molecule has 0 bridgehead atoms. The Labute approximate surface area is 190 Å². The Balaban J connectivity index is 1.87. The fourth-order valence-corrected chi connectivity index (χ4v) is 4.12. The van der Waals surface area contributed by atoms with Gasteiger partial charge in [0.2, 0.25) is 5.91 Å². The van der Waals surface area contributed by atoms with Crippen molar-refractivity contribution in [1.29, 1.82) is 0 Å². The molecule has 7 nitrogen and oxygen atoms in total. The molecule has 0 radical (unpaired) electrons. The van der Waals surface area contributed by atoms with Gasteiger partial charge >= 0.3 is 5.97 Å². The molecule has 0 saturated heterocycles. The van der Waals surface area contributed by atoms with Gasteiger partial charge < -0.3 is 10.1 Å². The van der Waals surface area contributed by atoms with Crippen LogP contribution in [0.1, 0.15) is 61.9 Å². The smallest absolute Gasteiger partial charge is 0.338 e. The molecule has 0 unspecified atom stereocenters. The lowest BCUT2D eigenvalue weighted by Gasteiger charge is -2.10. The quantitative estimate of drug-likeness (QED) is 0.343. The number of esters is 1. The molecule has 2 N–H and O–H groups in total. The van der Waals surface area contributed by atoms with Gasteiger partial charge in [-0.25, -0.2) is 13.2 Å². The van der Waals surface area contributed by atoms with E-state index in [0.717, 1.165) is 24.8 Å². The van der Waals surface area contributed by atoms with Crippen LogP contribution in [0.4, 0.5) is 5.69 Å². The summed E-state index contributed by atoms with van der Waals surface area (Å²) in [7, 11) is -3.76. The third-order valence-electron chi connectivity index (χ3n) is 4.88. The summed E-state index contributed by atoms with van der Waals surface area (Å²) < 4.78 is 33.0. The van der Waals surface area contributed by atoms with Crippen LogP contribution in [0, 0.1) is 0 Å². The van der Waals surface area contributed by atoms with E-state index in [1.807, 2.05) is 0 Å². The summed E-state index contributed by atoms with van der Waals surface area (Å²) in [6, 6.07) is 12.7. The molecule has 0 aliphatic rings. The summed E-state index contributed by atoms with van der Waals surface area (Å²) >= 11 is 0. The largest absolute Gasteiger partial charge is 0.462 e. The second kappa shape index (κ2) is 12.9. The molecule has 0 aliphatic carbocycles. The first-order chi connectivity index (χ1) is 15.3. The molecule has 0 saturated carbocycles. The van der Waals surface area contributed by atoms with Gasteiger partial charge in [0.1, 0.15) is 0 Å². The zero-order valence-electron chi connectivity index (χ0n) is 18.7. The lowest BCUT2D eigenvalue weighted by Crippen LogP contribution is -2.22. The molecule has 2 aromatic rings. The number of ether oxygens (including phenoxy) is 1. The Morgan fingerprint density at radius 2 is 1.56 bits per heavy atom.